The highest BCUT2D eigenvalue weighted by Gasteiger charge is 2.19. The summed E-state index contributed by atoms with van der Waals surface area (Å²) in [4.78, 5) is 0. The van der Waals surface area contributed by atoms with Crippen molar-refractivity contribution in [1.29, 1.82) is 0 Å². The molecule has 0 spiro atoms. The zero-order valence-corrected chi connectivity index (χ0v) is 17.0. The maximum atomic E-state index is 3.98. The van der Waals surface area contributed by atoms with E-state index in [4.69, 9.17) is 0 Å². The predicted molar refractivity (Wildman–Crippen MR) is 113 cm³/mol. The fraction of sp³-hybridized carbons (Fsp3) is 0.667. The molecule has 0 aliphatic heterocycles. The van der Waals surface area contributed by atoms with Crippen LogP contribution in [0.4, 0.5) is 0 Å². The molecule has 0 fully saturated rings. The van der Waals surface area contributed by atoms with Gasteiger partial charge in [0.05, 0.1) is 26.7 Å². The third kappa shape index (κ3) is 11.2. The van der Waals surface area contributed by atoms with Crippen LogP contribution < -0.4 is 0 Å². The van der Waals surface area contributed by atoms with Gasteiger partial charge in [-0.15, -0.1) is 0 Å². The Balaban J connectivity index is 2.14. The van der Waals surface area contributed by atoms with E-state index in [2.05, 4.69) is 57.0 Å². The van der Waals surface area contributed by atoms with Crippen LogP contribution in [0.15, 0.2) is 43.0 Å². The minimum atomic E-state index is 1.09. The van der Waals surface area contributed by atoms with Crippen molar-refractivity contribution in [2.75, 3.05) is 26.7 Å². The van der Waals surface area contributed by atoms with E-state index in [9.17, 15) is 0 Å². The Hall–Kier alpha value is -1.08. The van der Waals surface area contributed by atoms with Gasteiger partial charge in [-0.05, 0) is 24.5 Å². The molecule has 0 bridgehead atoms. The van der Waals surface area contributed by atoms with Crippen molar-refractivity contribution in [1.82, 2.24) is 0 Å². The Kier molecular flexibility index (Phi) is 12.4. The zero-order valence-electron chi connectivity index (χ0n) is 17.0. The van der Waals surface area contributed by atoms with Crippen LogP contribution in [-0.2, 0) is 6.42 Å². The third-order valence-corrected chi connectivity index (χ3v) is 5.40. The lowest BCUT2D eigenvalue weighted by molar-refractivity contribution is -0.904. The zero-order chi connectivity index (χ0) is 18.2. The van der Waals surface area contributed by atoms with Gasteiger partial charge in [0.2, 0.25) is 0 Å². The normalized spacial score (nSPS) is 13.5. The number of rotatable bonds is 16. The van der Waals surface area contributed by atoms with E-state index in [1.165, 1.54) is 89.3 Å². The summed E-state index contributed by atoms with van der Waals surface area (Å²) in [7, 11) is 2.40. The van der Waals surface area contributed by atoms with Crippen LogP contribution in [-0.4, -0.2) is 31.2 Å². The number of hydrogen-bond donors (Lipinski definition) is 0. The molecule has 0 N–H and O–H groups in total. The molecule has 1 aromatic rings. The van der Waals surface area contributed by atoms with Gasteiger partial charge in [-0.3, -0.25) is 0 Å². The molecular formula is C24H42N+. The lowest BCUT2D eigenvalue weighted by atomic mass is 10.1. The van der Waals surface area contributed by atoms with Gasteiger partial charge >= 0.3 is 0 Å². The van der Waals surface area contributed by atoms with Crippen LogP contribution in [0, 0.1) is 0 Å². The van der Waals surface area contributed by atoms with Crippen LogP contribution in [0.25, 0.3) is 0 Å². The van der Waals surface area contributed by atoms with Gasteiger partial charge in [0.25, 0.3) is 0 Å². The van der Waals surface area contributed by atoms with Gasteiger partial charge < -0.3 is 4.48 Å². The number of nitrogens with zero attached hydrogens (tertiary/aromatic N) is 1. The van der Waals surface area contributed by atoms with E-state index >= 15 is 0 Å². The van der Waals surface area contributed by atoms with Gasteiger partial charge in [-0.25, -0.2) is 0 Å². The van der Waals surface area contributed by atoms with E-state index in [0.29, 0.717) is 0 Å². The molecule has 0 aromatic heterocycles. The van der Waals surface area contributed by atoms with E-state index in [-0.39, 0.29) is 0 Å². The van der Waals surface area contributed by atoms with Crippen LogP contribution in [0.3, 0.4) is 0 Å². The molecule has 142 valence electrons. The number of unbranched alkanes of at least 4 members (excludes halogenated alkanes) is 9. The maximum absolute atomic E-state index is 3.98. The van der Waals surface area contributed by atoms with Crippen LogP contribution >= 0.6 is 0 Å². The monoisotopic (exact) mass is 344 g/mol. The molecule has 0 amide bonds. The molecule has 0 aliphatic carbocycles. The topological polar surface area (TPSA) is 0 Å². The Morgan fingerprint density at radius 1 is 0.800 bits per heavy atom. The first kappa shape index (κ1) is 22.0. The first-order chi connectivity index (χ1) is 12.2. The molecule has 1 unspecified atom stereocenters. The highest BCUT2D eigenvalue weighted by atomic mass is 15.3. The molecular weight excluding hydrogens is 302 g/mol. The van der Waals surface area contributed by atoms with Crippen LogP contribution in [0.5, 0.6) is 0 Å². The average Bonchev–Trinajstić information content (AvgIpc) is 2.63. The second kappa shape index (κ2) is 14.1. The quantitative estimate of drug-likeness (QED) is 0.176. The van der Waals surface area contributed by atoms with Crippen LogP contribution in [0.2, 0.25) is 0 Å². The largest absolute Gasteiger partial charge is 0.323 e. The molecule has 1 rings (SSSR count). The lowest BCUT2D eigenvalue weighted by Gasteiger charge is -2.34. The van der Waals surface area contributed by atoms with Gasteiger partial charge in [0.1, 0.15) is 0 Å². The Bertz CT molecular complexity index is 425. The summed E-state index contributed by atoms with van der Waals surface area (Å²) < 4.78 is 1.13. The smallest absolute Gasteiger partial charge is 0.0969 e. The van der Waals surface area contributed by atoms with Crippen molar-refractivity contribution in [3.05, 3.63) is 48.6 Å². The summed E-state index contributed by atoms with van der Waals surface area (Å²) >= 11 is 0. The van der Waals surface area contributed by atoms with Gasteiger partial charge in [0.15, 0.2) is 0 Å². The standard InChI is InChI=1S/C24H42N/c1-4-6-7-8-9-10-11-12-13-17-22-25(3,21-5-2)23-20-24-18-15-14-16-19-24/h5,14-16,18-19H,2,4,6-13,17,20-23H2,1,3H3/q+1. The summed E-state index contributed by atoms with van der Waals surface area (Å²) in [6.07, 6.45) is 17.4. The van der Waals surface area contributed by atoms with E-state index in [1.54, 1.807) is 0 Å². The number of benzene rings is 1. The molecule has 25 heavy (non-hydrogen) atoms. The fourth-order valence-electron chi connectivity index (χ4n) is 3.63. The lowest BCUT2D eigenvalue weighted by Crippen LogP contribution is -2.46. The molecule has 0 saturated carbocycles. The highest BCUT2D eigenvalue weighted by molar-refractivity contribution is 5.14. The van der Waals surface area contributed by atoms with Gasteiger partial charge in [0, 0.05) is 6.42 Å². The van der Waals surface area contributed by atoms with E-state index in [1.807, 2.05) is 0 Å². The minimum Gasteiger partial charge on any atom is -0.323 e. The van der Waals surface area contributed by atoms with E-state index in [0.717, 1.165) is 11.0 Å². The van der Waals surface area contributed by atoms with Crippen molar-refractivity contribution in [2.24, 2.45) is 0 Å². The molecule has 1 heteroatoms. The summed E-state index contributed by atoms with van der Waals surface area (Å²) in [5.41, 5.74) is 1.46. The fourth-order valence-corrected chi connectivity index (χ4v) is 3.63. The van der Waals surface area contributed by atoms with Crippen molar-refractivity contribution in [3.63, 3.8) is 0 Å². The average molecular weight is 345 g/mol. The van der Waals surface area contributed by atoms with Gasteiger partial charge in [-0.1, -0.05) is 95.2 Å². The maximum Gasteiger partial charge on any atom is 0.0969 e. The molecule has 1 aromatic carbocycles. The molecule has 1 nitrogen and oxygen atoms in total. The number of quaternary nitrogens is 1. The van der Waals surface area contributed by atoms with Crippen molar-refractivity contribution in [3.8, 4) is 0 Å². The summed E-state index contributed by atoms with van der Waals surface area (Å²) in [6, 6.07) is 10.9. The molecule has 0 aliphatic rings. The second-order valence-corrected chi connectivity index (χ2v) is 7.96. The molecule has 1 atom stereocenters. The Morgan fingerprint density at radius 2 is 1.36 bits per heavy atom. The summed E-state index contributed by atoms with van der Waals surface area (Å²) in [6.45, 7) is 9.86. The molecule has 0 radical (unpaired) electrons. The summed E-state index contributed by atoms with van der Waals surface area (Å²) in [5.74, 6) is 0. The van der Waals surface area contributed by atoms with Crippen LogP contribution in [0.1, 0.15) is 76.7 Å². The van der Waals surface area contributed by atoms with Crippen molar-refractivity contribution < 1.29 is 4.48 Å². The second-order valence-electron chi connectivity index (χ2n) is 7.96. The first-order valence-corrected chi connectivity index (χ1v) is 10.7. The SMILES string of the molecule is C=CC[N+](C)(CCCCCCCCCCCC)CCc1ccccc1. The van der Waals surface area contributed by atoms with Crippen molar-refractivity contribution in [2.45, 2.75) is 77.6 Å². The number of likely N-dealkylation sites (N-methyl/N-ethyl adjacent to an activating group) is 1. The van der Waals surface area contributed by atoms with Gasteiger partial charge in [-0.2, -0.15) is 0 Å². The Morgan fingerprint density at radius 3 is 1.92 bits per heavy atom. The highest BCUT2D eigenvalue weighted by Crippen LogP contribution is 2.14. The third-order valence-electron chi connectivity index (χ3n) is 5.40. The van der Waals surface area contributed by atoms with E-state index < -0.39 is 0 Å². The summed E-state index contributed by atoms with van der Waals surface area (Å²) in [5, 5.41) is 0. The Labute approximate surface area is 157 Å². The molecule has 0 saturated heterocycles. The predicted octanol–water partition coefficient (Wildman–Crippen LogP) is 6.78. The number of hydrogen-bond acceptors (Lipinski definition) is 0. The first-order valence-electron chi connectivity index (χ1n) is 10.7. The minimum absolute atomic E-state index is 1.09. The molecule has 0 heterocycles. The van der Waals surface area contributed by atoms with Crippen molar-refractivity contribution >= 4 is 0 Å².